The molecule has 0 spiro atoms. The smallest absolute Gasteiger partial charge is 0.267 e. The van der Waals surface area contributed by atoms with Crippen LogP contribution in [0.3, 0.4) is 0 Å². The Morgan fingerprint density at radius 3 is 2.67 bits per heavy atom. The Balaban J connectivity index is 1.90. The Labute approximate surface area is 146 Å². The molecule has 0 radical (unpaired) electrons. The summed E-state index contributed by atoms with van der Waals surface area (Å²) < 4.78 is 0. The van der Waals surface area contributed by atoms with E-state index >= 15 is 0 Å². The van der Waals surface area contributed by atoms with Crippen LogP contribution in [0.1, 0.15) is 11.1 Å². The fourth-order valence-electron chi connectivity index (χ4n) is 2.05. The number of hydrogen-bond acceptors (Lipinski definition) is 3. The molecule has 2 rings (SSSR count). The molecule has 1 amide bonds. The van der Waals surface area contributed by atoms with Crippen LogP contribution in [-0.4, -0.2) is 12.5 Å². The van der Waals surface area contributed by atoms with E-state index in [1.165, 1.54) is 11.8 Å². The van der Waals surface area contributed by atoms with Crippen LogP contribution in [0.15, 0.2) is 60.3 Å². The van der Waals surface area contributed by atoms with E-state index in [0.717, 1.165) is 12.0 Å². The molecule has 2 N–H and O–H groups in total. The number of amides is 1. The molecule has 0 aliphatic carbocycles. The fraction of sp³-hybridized carbons (Fsp3) is 0.158. The van der Waals surface area contributed by atoms with Crippen LogP contribution in [0.5, 0.6) is 0 Å². The van der Waals surface area contributed by atoms with Crippen molar-refractivity contribution in [2.45, 2.75) is 13.3 Å². The van der Waals surface area contributed by atoms with Gasteiger partial charge in [0.15, 0.2) is 0 Å². The van der Waals surface area contributed by atoms with Crippen molar-refractivity contribution in [2.24, 2.45) is 0 Å². The number of nitriles is 1. The summed E-state index contributed by atoms with van der Waals surface area (Å²) in [5.41, 5.74) is 2.68. The minimum absolute atomic E-state index is 0.0137. The van der Waals surface area contributed by atoms with E-state index < -0.39 is 5.91 Å². The normalized spacial score (nSPS) is 10.8. The SMILES string of the molecule is Cc1ccc(NC(=O)/C(C#N)=C\NCCc2ccccc2)cc1Cl. The first-order chi connectivity index (χ1) is 11.6. The molecule has 2 aromatic rings. The molecule has 122 valence electrons. The number of carbonyl (C=O) groups excluding carboxylic acids is 1. The largest absolute Gasteiger partial charge is 0.389 e. The lowest BCUT2D eigenvalue weighted by atomic mass is 10.1. The van der Waals surface area contributed by atoms with Crippen molar-refractivity contribution in [3.05, 3.63) is 76.5 Å². The maximum atomic E-state index is 12.1. The summed E-state index contributed by atoms with van der Waals surface area (Å²) in [5, 5.41) is 15.4. The van der Waals surface area contributed by atoms with Gasteiger partial charge in [0.05, 0.1) is 0 Å². The zero-order valence-corrected chi connectivity index (χ0v) is 14.1. The highest BCUT2D eigenvalue weighted by Crippen LogP contribution is 2.20. The molecule has 0 aliphatic heterocycles. The minimum Gasteiger partial charge on any atom is -0.389 e. The molecule has 2 aromatic carbocycles. The van der Waals surface area contributed by atoms with Crippen LogP contribution < -0.4 is 10.6 Å². The van der Waals surface area contributed by atoms with E-state index in [2.05, 4.69) is 10.6 Å². The van der Waals surface area contributed by atoms with Gasteiger partial charge < -0.3 is 10.6 Å². The van der Waals surface area contributed by atoms with Gasteiger partial charge in [0.1, 0.15) is 11.6 Å². The van der Waals surface area contributed by atoms with Gasteiger partial charge in [0.2, 0.25) is 0 Å². The molecule has 0 saturated carbocycles. The lowest BCUT2D eigenvalue weighted by Crippen LogP contribution is -2.18. The Morgan fingerprint density at radius 2 is 2.00 bits per heavy atom. The van der Waals surface area contributed by atoms with Gasteiger partial charge in [-0.05, 0) is 36.6 Å². The van der Waals surface area contributed by atoms with E-state index in [4.69, 9.17) is 16.9 Å². The van der Waals surface area contributed by atoms with Gasteiger partial charge in [-0.15, -0.1) is 0 Å². The van der Waals surface area contributed by atoms with Crippen molar-refractivity contribution in [3.63, 3.8) is 0 Å². The first kappa shape index (κ1) is 17.6. The summed E-state index contributed by atoms with van der Waals surface area (Å²) >= 11 is 6.03. The van der Waals surface area contributed by atoms with Gasteiger partial charge in [-0.3, -0.25) is 4.79 Å². The van der Waals surface area contributed by atoms with E-state index in [1.54, 1.807) is 12.1 Å². The Morgan fingerprint density at radius 1 is 1.25 bits per heavy atom. The number of carbonyl (C=O) groups is 1. The van der Waals surface area contributed by atoms with Crippen LogP contribution in [0.25, 0.3) is 0 Å². The molecule has 4 nitrogen and oxygen atoms in total. The maximum Gasteiger partial charge on any atom is 0.267 e. The number of hydrogen-bond donors (Lipinski definition) is 2. The van der Waals surface area contributed by atoms with Crippen molar-refractivity contribution in [1.82, 2.24) is 5.32 Å². The Hall–Kier alpha value is -2.77. The molecular formula is C19H18ClN3O. The van der Waals surface area contributed by atoms with Gasteiger partial charge in [0, 0.05) is 23.5 Å². The number of nitrogens with zero attached hydrogens (tertiary/aromatic N) is 1. The van der Waals surface area contributed by atoms with Crippen LogP contribution in [0, 0.1) is 18.3 Å². The predicted octanol–water partition coefficient (Wildman–Crippen LogP) is 3.83. The number of anilines is 1. The number of rotatable bonds is 6. The number of nitrogens with one attached hydrogen (secondary N) is 2. The summed E-state index contributed by atoms with van der Waals surface area (Å²) in [7, 11) is 0. The maximum absolute atomic E-state index is 12.1. The van der Waals surface area contributed by atoms with Crippen LogP contribution in [0.4, 0.5) is 5.69 Å². The number of benzene rings is 2. The average molecular weight is 340 g/mol. The predicted molar refractivity (Wildman–Crippen MR) is 96.7 cm³/mol. The summed E-state index contributed by atoms with van der Waals surface area (Å²) in [5.74, 6) is -0.468. The molecule has 5 heteroatoms. The van der Waals surface area contributed by atoms with Gasteiger partial charge in [0.25, 0.3) is 5.91 Å². The minimum atomic E-state index is -0.468. The van der Waals surface area contributed by atoms with Gasteiger partial charge in [-0.2, -0.15) is 5.26 Å². The second kappa shape index (κ2) is 8.76. The van der Waals surface area contributed by atoms with Crippen LogP contribution >= 0.6 is 11.6 Å². The summed E-state index contributed by atoms with van der Waals surface area (Å²) in [6.45, 7) is 2.52. The summed E-state index contributed by atoms with van der Waals surface area (Å²) in [6, 6.07) is 17.1. The van der Waals surface area contributed by atoms with Gasteiger partial charge in [-0.1, -0.05) is 48.0 Å². The van der Waals surface area contributed by atoms with Crippen LogP contribution in [0.2, 0.25) is 5.02 Å². The number of aryl methyl sites for hydroxylation is 1. The molecule has 0 heterocycles. The molecule has 0 aliphatic rings. The highest BCUT2D eigenvalue weighted by molar-refractivity contribution is 6.31. The average Bonchev–Trinajstić information content (AvgIpc) is 2.59. The molecule has 0 atom stereocenters. The molecular weight excluding hydrogens is 322 g/mol. The molecule has 0 unspecified atom stereocenters. The highest BCUT2D eigenvalue weighted by atomic mass is 35.5. The quantitative estimate of drug-likeness (QED) is 0.477. The van der Waals surface area contributed by atoms with E-state index in [0.29, 0.717) is 17.3 Å². The zero-order valence-electron chi connectivity index (χ0n) is 13.3. The van der Waals surface area contributed by atoms with E-state index in [1.807, 2.05) is 49.4 Å². The second-order valence-corrected chi connectivity index (χ2v) is 5.68. The van der Waals surface area contributed by atoms with E-state index in [-0.39, 0.29) is 5.57 Å². The molecule has 24 heavy (non-hydrogen) atoms. The van der Waals surface area contributed by atoms with Crippen molar-refractivity contribution in [2.75, 3.05) is 11.9 Å². The van der Waals surface area contributed by atoms with Gasteiger partial charge >= 0.3 is 0 Å². The third-order valence-electron chi connectivity index (χ3n) is 3.44. The van der Waals surface area contributed by atoms with Gasteiger partial charge in [-0.25, -0.2) is 0 Å². The third kappa shape index (κ3) is 5.15. The Kier molecular flexibility index (Phi) is 6.41. The third-order valence-corrected chi connectivity index (χ3v) is 3.85. The van der Waals surface area contributed by atoms with Crippen molar-refractivity contribution in [1.29, 1.82) is 5.26 Å². The first-order valence-electron chi connectivity index (χ1n) is 7.55. The van der Waals surface area contributed by atoms with Crippen molar-refractivity contribution < 1.29 is 4.79 Å². The van der Waals surface area contributed by atoms with Crippen molar-refractivity contribution >= 4 is 23.2 Å². The fourth-order valence-corrected chi connectivity index (χ4v) is 2.23. The summed E-state index contributed by atoms with van der Waals surface area (Å²) in [6.07, 6.45) is 2.25. The molecule has 0 bridgehead atoms. The molecule has 0 saturated heterocycles. The Bertz CT molecular complexity index is 779. The molecule has 0 aromatic heterocycles. The lowest BCUT2D eigenvalue weighted by Gasteiger charge is -2.07. The lowest BCUT2D eigenvalue weighted by molar-refractivity contribution is -0.112. The zero-order chi connectivity index (χ0) is 17.4. The topological polar surface area (TPSA) is 64.9 Å². The first-order valence-corrected chi connectivity index (χ1v) is 7.93. The monoisotopic (exact) mass is 339 g/mol. The van der Waals surface area contributed by atoms with Crippen molar-refractivity contribution in [3.8, 4) is 6.07 Å². The van der Waals surface area contributed by atoms with Crippen LogP contribution in [-0.2, 0) is 11.2 Å². The standard InChI is InChI=1S/C19H18ClN3O/c1-14-7-8-17(11-18(14)20)23-19(24)16(12-21)13-22-10-9-15-5-3-2-4-6-15/h2-8,11,13,22H,9-10H2,1H3,(H,23,24)/b16-13-. The highest BCUT2D eigenvalue weighted by Gasteiger charge is 2.09. The number of halogens is 1. The molecule has 0 fully saturated rings. The van der Waals surface area contributed by atoms with E-state index in [9.17, 15) is 4.79 Å². The second-order valence-electron chi connectivity index (χ2n) is 5.28. The summed E-state index contributed by atoms with van der Waals surface area (Å²) in [4.78, 5) is 12.1.